The normalized spacial score (nSPS) is 11.9. The zero-order valence-corrected chi connectivity index (χ0v) is 22.8. The van der Waals surface area contributed by atoms with E-state index in [1.165, 1.54) is 11.9 Å². The van der Waals surface area contributed by atoms with Crippen molar-refractivity contribution in [2.75, 3.05) is 24.2 Å². The highest BCUT2D eigenvalue weighted by Gasteiger charge is 2.29. The lowest BCUT2D eigenvalue weighted by Gasteiger charge is -2.31. The predicted octanol–water partition coefficient (Wildman–Crippen LogP) is 4.72. The number of amides is 2. The Morgan fingerprint density at radius 1 is 0.946 bits per heavy atom. The molecule has 2 amide bonds. The third kappa shape index (κ3) is 7.61. The number of ether oxygens (including phenoxy) is 1. The molecule has 0 aromatic heterocycles. The van der Waals surface area contributed by atoms with Gasteiger partial charge < -0.3 is 15.0 Å². The van der Waals surface area contributed by atoms with Gasteiger partial charge in [0.25, 0.3) is 0 Å². The molecule has 8 nitrogen and oxygen atoms in total. The molecule has 3 rings (SSSR count). The number of anilines is 1. The zero-order valence-electron chi connectivity index (χ0n) is 20.5. The molecule has 0 bridgehead atoms. The number of para-hydroxylation sites is 1. The van der Waals surface area contributed by atoms with Crippen LogP contribution in [0.15, 0.2) is 72.8 Å². The molecule has 0 aliphatic heterocycles. The first-order valence-electron chi connectivity index (χ1n) is 11.2. The van der Waals surface area contributed by atoms with E-state index in [4.69, 9.17) is 27.9 Å². The summed E-state index contributed by atoms with van der Waals surface area (Å²) in [7, 11) is -2.39. The van der Waals surface area contributed by atoms with Crippen molar-refractivity contribution in [3.05, 3.63) is 88.4 Å². The monoisotopic (exact) mass is 563 g/mol. The van der Waals surface area contributed by atoms with Crippen LogP contribution in [-0.2, 0) is 26.2 Å². The van der Waals surface area contributed by atoms with Crippen LogP contribution in [0.1, 0.15) is 12.5 Å². The van der Waals surface area contributed by atoms with Crippen LogP contribution >= 0.6 is 23.2 Å². The maximum absolute atomic E-state index is 13.5. The molecular formula is C26H27Cl2N3O5S. The second-order valence-corrected chi connectivity index (χ2v) is 11.0. The Morgan fingerprint density at radius 3 is 2.14 bits per heavy atom. The second kappa shape index (κ2) is 12.3. The second-order valence-electron chi connectivity index (χ2n) is 8.24. The molecule has 37 heavy (non-hydrogen) atoms. The molecule has 0 heterocycles. The number of rotatable bonds is 10. The minimum atomic E-state index is -3.85. The lowest BCUT2D eigenvalue weighted by molar-refractivity contribution is -0.139. The van der Waals surface area contributed by atoms with Gasteiger partial charge in [0, 0.05) is 13.6 Å². The average molecular weight is 564 g/mol. The Morgan fingerprint density at radius 2 is 1.57 bits per heavy atom. The van der Waals surface area contributed by atoms with Crippen LogP contribution in [0.5, 0.6) is 11.5 Å². The molecular weight excluding hydrogens is 537 g/mol. The van der Waals surface area contributed by atoms with Crippen molar-refractivity contribution in [1.82, 2.24) is 10.2 Å². The van der Waals surface area contributed by atoms with Crippen molar-refractivity contribution in [2.45, 2.75) is 19.5 Å². The number of nitrogens with zero attached hydrogens (tertiary/aromatic N) is 2. The number of hydrogen-bond acceptors (Lipinski definition) is 5. The fourth-order valence-corrected chi connectivity index (χ4v) is 4.72. The van der Waals surface area contributed by atoms with Gasteiger partial charge in [-0.05, 0) is 61.0 Å². The van der Waals surface area contributed by atoms with Crippen molar-refractivity contribution < 1.29 is 22.7 Å². The number of hydrogen-bond donors (Lipinski definition) is 1. The third-order valence-corrected chi connectivity index (χ3v) is 7.41. The zero-order chi connectivity index (χ0) is 27.2. The first kappa shape index (κ1) is 28.3. The highest BCUT2D eigenvalue weighted by Crippen LogP contribution is 2.27. The first-order chi connectivity index (χ1) is 17.5. The molecule has 0 aliphatic rings. The van der Waals surface area contributed by atoms with Gasteiger partial charge in [-0.15, -0.1) is 0 Å². The van der Waals surface area contributed by atoms with Crippen LogP contribution < -0.4 is 14.4 Å². The molecule has 196 valence electrons. The lowest BCUT2D eigenvalue weighted by atomic mass is 10.1. The summed E-state index contributed by atoms with van der Waals surface area (Å²) in [4.78, 5) is 27.2. The van der Waals surface area contributed by atoms with E-state index in [0.29, 0.717) is 27.1 Å². The summed E-state index contributed by atoms with van der Waals surface area (Å²) in [6.07, 6.45) is 1.01. The van der Waals surface area contributed by atoms with Gasteiger partial charge in [-0.3, -0.25) is 13.9 Å². The van der Waals surface area contributed by atoms with Gasteiger partial charge in [-0.2, -0.15) is 0 Å². The minimum Gasteiger partial charge on any atom is -0.457 e. The molecule has 3 aromatic rings. The average Bonchev–Trinajstić information content (AvgIpc) is 2.87. The fraction of sp³-hybridized carbons (Fsp3) is 0.231. The molecule has 0 aliphatic carbocycles. The fourth-order valence-electron chi connectivity index (χ4n) is 3.54. The number of sulfonamides is 1. The summed E-state index contributed by atoms with van der Waals surface area (Å²) in [5.74, 6) is 0.162. The van der Waals surface area contributed by atoms with Gasteiger partial charge in [-0.25, -0.2) is 8.42 Å². The standard InChI is InChI=1S/C26H27Cl2N3O5S/c1-18(26(33)29-2)30(16-19-9-14-23(27)24(28)15-19)25(32)17-31(37(3,34)35)20-10-12-22(13-11-20)36-21-7-5-4-6-8-21/h4-15,18H,16-17H2,1-3H3,(H,29,33). The lowest BCUT2D eigenvalue weighted by Crippen LogP contribution is -2.50. The van der Waals surface area contributed by atoms with Gasteiger partial charge in [0.15, 0.2) is 0 Å². The molecule has 0 fully saturated rings. The van der Waals surface area contributed by atoms with Crippen LogP contribution in [-0.4, -0.2) is 51.0 Å². The quantitative estimate of drug-likeness (QED) is 0.385. The van der Waals surface area contributed by atoms with Crippen molar-refractivity contribution in [3.8, 4) is 11.5 Å². The minimum absolute atomic E-state index is 0.0196. The third-order valence-electron chi connectivity index (χ3n) is 5.53. The van der Waals surface area contributed by atoms with Crippen LogP contribution in [0.3, 0.4) is 0 Å². The largest absolute Gasteiger partial charge is 0.457 e. The van der Waals surface area contributed by atoms with Crippen molar-refractivity contribution in [3.63, 3.8) is 0 Å². The molecule has 1 N–H and O–H groups in total. The highest BCUT2D eigenvalue weighted by atomic mass is 35.5. The van der Waals surface area contributed by atoms with Crippen LogP contribution in [0, 0.1) is 0 Å². The van der Waals surface area contributed by atoms with E-state index in [1.54, 1.807) is 61.5 Å². The Balaban J connectivity index is 1.86. The summed E-state index contributed by atoms with van der Waals surface area (Å²) in [6, 6.07) is 19.5. The van der Waals surface area contributed by atoms with Gasteiger partial charge >= 0.3 is 0 Å². The summed E-state index contributed by atoms with van der Waals surface area (Å²) < 4.78 is 32.1. The van der Waals surface area contributed by atoms with Gasteiger partial charge in [0.05, 0.1) is 22.0 Å². The van der Waals surface area contributed by atoms with Gasteiger partial charge in [0.2, 0.25) is 21.8 Å². The van der Waals surface area contributed by atoms with E-state index in [1.807, 2.05) is 18.2 Å². The van der Waals surface area contributed by atoms with E-state index >= 15 is 0 Å². The molecule has 1 atom stereocenters. The van der Waals surface area contributed by atoms with E-state index in [-0.39, 0.29) is 12.2 Å². The van der Waals surface area contributed by atoms with Crippen molar-refractivity contribution >= 4 is 50.7 Å². The molecule has 1 unspecified atom stereocenters. The van der Waals surface area contributed by atoms with E-state index < -0.39 is 34.4 Å². The summed E-state index contributed by atoms with van der Waals surface area (Å²) >= 11 is 12.1. The summed E-state index contributed by atoms with van der Waals surface area (Å²) in [6.45, 7) is 1.07. The van der Waals surface area contributed by atoms with Gasteiger partial charge in [0.1, 0.15) is 24.1 Å². The van der Waals surface area contributed by atoms with E-state index in [9.17, 15) is 18.0 Å². The summed E-state index contributed by atoms with van der Waals surface area (Å²) in [5, 5.41) is 3.18. The Labute approximate surface area is 226 Å². The number of nitrogens with one attached hydrogen (secondary N) is 1. The molecule has 0 saturated carbocycles. The van der Waals surface area contributed by atoms with Crippen molar-refractivity contribution in [2.24, 2.45) is 0 Å². The Hall–Kier alpha value is -3.27. The molecule has 0 saturated heterocycles. The number of halogens is 2. The smallest absolute Gasteiger partial charge is 0.244 e. The molecule has 0 radical (unpaired) electrons. The van der Waals surface area contributed by atoms with Crippen LogP contribution in [0.2, 0.25) is 10.0 Å². The summed E-state index contributed by atoms with van der Waals surface area (Å²) in [5.41, 5.74) is 0.908. The van der Waals surface area contributed by atoms with E-state index in [2.05, 4.69) is 5.32 Å². The molecule has 3 aromatic carbocycles. The van der Waals surface area contributed by atoms with Gasteiger partial charge in [-0.1, -0.05) is 47.5 Å². The highest BCUT2D eigenvalue weighted by molar-refractivity contribution is 7.92. The Bertz CT molecular complexity index is 1350. The Kier molecular flexibility index (Phi) is 9.42. The number of carbonyl (C=O) groups is 2. The predicted molar refractivity (Wildman–Crippen MR) is 146 cm³/mol. The number of benzene rings is 3. The maximum atomic E-state index is 13.5. The SMILES string of the molecule is CNC(=O)C(C)N(Cc1ccc(Cl)c(Cl)c1)C(=O)CN(c1ccc(Oc2ccccc2)cc1)S(C)(=O)=O. The van der Waals surface area contributed by atoms with Crippen LogP contribution in [0.4, 0.5) is 5.69 Å². The first-order valence-corrected chi connectivity index (χ1v) is 13.9. The molecule has 0 spiro atoms. The number of likely N-dealkylation sites (N-methyl/N-ethyl adjacent to an activating group) is 1. The van der Waals surface area contributed by atoms with E-state index in [0.717, 1.165) is 10.6 Å². The van der Waals surface area contributed by atoms with Crippen molar-refractivity contribution in [1.29, 1.82) is 0 Å². The number of carbonyl (C=O) groups excluding carboxylic acids is 2. The topological polar surface area (TPSA) is 96.0 Å². The van der Waals surface area contributed by atoms with Crippen LogP contribution in [0.25, 0.3) is 0 Å². The maximum Gasteiger partial charge on any atom is 0.244 e. The molecule has 11 heteroatoms.